The molecule has 7 heteroatoms. The van der Waals surface area contributed by atoms with Gasteiger partial charge in [-0.2, -0.15) is 0 Å². The van der Waals surface area contributed by atoms with Gasteiger partial charge in [0, 0.05) is 25.2 Å². The predicted molar refractivity (Wildman–Crippen MR) is 105 cm³/mol. The van der Waals surface area contributed by atoms with E-state index in [2.05, 4.69) is 10.2 Å². The number of ether oxygens (including phenoxy) is 2. The number of rotatable bonds is 5. The molecule has 2 N–H and O–H groups in total. The maximum absolute atomic E-state index is 10.3. The molecule has 0 spiro atoms. The van der Waals surface area contributed by atoms with Crippen LogP contribution in [0, 0.1) is 0 Å². The van der Waals surface area contributed by atoms with Crippen LogP contribution in [-0.2, 0) is 11.3 Å². The molecular weight excluding hydrogens is 344 g/mol. The third-order valence-electron chi connectivity index (χ3n) is 4.61. The summed E-state index contributed by atoms with van der Waals surface area (Å²) in [6, 6.07) is 13.3. The number of nitrogens with zero attached hydrogens (tertiary/aromatic N) is 3. The van der Waals surface area contributed by atoms with Crippen LogP contribution in [0.3, 0.4) is 0 Å². The molecule has 0 radical (unpaired) electrons. The van der Waals surface area contributed by atoms with E-state index in [1.54, 1.807) is 6.07 Å². The average molecular weight is 366 g/mol. The molecule has 1 saturated heterocycles. The van der Waals surface area contributed by atoms with Crippen molar-refractivity contribution in [3.8, 4) is 11.5 Å². The summed E-state index contributed by atoms with van der Waals surface area (Å²) >= 11 is 0. The molecule has 0 amide bonds. The topological polar surface area (TPSA) is 79.7 Å². The maximum atomic E-state index is 10.3. The van der Waals surface area contributed by atoms with E-state index in [1.807, 2.05) is 36.4 Å². The quantitative estimate of drug-likeness (QED) is 0.719. The van der Waals surface area contributed by atoms with E-state index in [9.17, 15) is 5.11 Å². The van der Waals surface area contributed by atoms with Crippen molar-refractivity contribution in [3.05, 3.63) is 48.0 Å². The van der Waals surface area contributed by atoms with E-state index < -0.39 is 0 Å². The average Bonchev–Trinajstić information content (AvgIpc) is 2.73. The Bertz CT molecular complexity index is 942. The normalized spacial score (nSPS) is 14.3. The van der Waals surface area contributed by atoms with E-state index in [0.717, 1.165) is 35.5 Å². The molecule has 1 aliphatic heterocycles. The van der Waals surface area contributed by atoms with Crippen LogP contribution in [0.2, 0.25) is 0 Å². The van der Waals surface area contributed by atoms with Crippen LogP contribution in [0.25, 0.3) is 11.0 Å². The highest BCUT2D eigenvalue weighted by Crippen LogP contribution is 2.31. The largest absolute Gasteiger partial charge is 0.504 e. The molecule has 3 aromatic rings. The second-order valence-corrected chi connectivity index (χ2v) is 6.31. The van der Waals surface area contributed by atoms with Crippen molar-refractivity contribution in [2.24, 2.45) is 0 Å². The van der Waals surface area contributed by atoms with Gasteiger partial charge >= 0.3 is 0 Å². The number of anilines is 2. The summed E-state index contributed by atoms with van der Waals surface area (Å²) in [4.78, 5) is 11.8. The molecule has 0 unspecified atom stereocenters. The van der Waals surface area contributed by atoms with Gasteiger partial charge in [-0.15, -0.1) is 0 Å². The third kappa shape index (κ3) is 3.59. The molecule has 4 rings (SSSR count). The smallest absolute Gasteiger partial charge is 0.172 e. The molecule has 0 bridgehead atoms. The molecule has 2 aromatic carbocycles. The van der Waals surface area contributed by atoms with E-state index >= 15 is 0 Å². The van der Waals surface area contributed by atoms with Crippen LogP contribution in [-0.4, -0.2) is 48.5 Å². The highest BCUT2D eigenvalue weighted by Gasteiger charge is 2.19. The minimum absolute atomic E-state index is 0.133. The second kappa shape index (κ2) is 7.67. The first-order chi connectivity index (χ1) is 13.3. The van der Waals surface area contributed by atoms with E-state index in [-0.39, 0.29) is 5.75 Å². The van der Waals surface area contributed by atoms with Crippen molar-refractivity contribution in [1.82, 2.24) is 9.97 Å². The van der Waals surface area contributed by atoms with Gasteiger partial charge in [-0.3, -0.25) is 0 Å². The highest BCUT2D eigenvalue weighted by molar-refractivity contribution is 5.80. The minimum Gasteiger partial charge on any atom is -0.504 e. The van der Waals surface area contributed by atoms with Gasteiger partial charge in [-0.1, -0.05) is 24.3 Å². The fraction of sp³-hybridized carbons (Fsp3) is 0.300. The first-order valence-electron chi connectivity index (χ1n) is 8.94. The van der Waals surface area contributed by atoms with Gasteiger partial charge in [-0.05, 0) is 18.2 Å². The first-order valence-corrected chi connectivity index (χ1v) is 8.94. The summed E-state index contributed by atoms with van der Waals surface area (Å²) in [5, 5.41) is 13.7. The standard InChI is InChI=1S/C20H22N4O3/c1-26-17-8-4-5-14(18(17)25)13-21-19-20(24-9-11-27-12-10-24)23-16-7-3-2-6-15(16)22-19/h2-8,25H,9-13H2,1H3,(H,21,22). The number of phenols is 1. The number of nitrogens with one attached hydrogen (secondary N) is 1. The van der Waals surface area contributed by atoms with Crippen molar-refractivity contribution in [1.29, 1.82) is 0 Å². The lowest BCUT2D eigenvalue weighted by atomic mass is 10.2. The van der Waals surface area contributed by atoms with E-state index in [4.69, 9.17) is 19.4 Å². The monoisotopic (exact) mass is 366 g/mol. The molecule has 140 valence electrons. The predicted octanol–water partition coefficient (Wildman–Crippen LogP) is 2.79. The molecule has 27 heavy (non-hydrogen) atoms. The molecule has 7 nitrogen and oxygen atoms in total. The van der Waals surface area contributed by atoms with E-state index in [0.29, 0.717) is 31.3 Å². The Balaban J connectivity index is 1.67. The zero-order valence-electron chi connectivity index (χ0n) is 15.2. The molecule has 1 fully saturated rings. The van der Waals surface area contributed by atoms with Crippen LogP contribution >= 0.6 is 0 Å². The Labute approximate surface area is 157 Å². The number of aromatic hydroxyl groups is 1. The van der Waals surface area contributed by atoms with Crippen molar-refractivity contribution in [2.75, 3.05) is 43.6 Å². The Morgan fingerprint density at radius 2 is 1.81 bits per heavy atom. The molecule has 0 saturated carbocycles. The Kier molecular flexibility index (Phi) is 4.93. The number of phenolic OH excluding ortho intramolecular Hbond substituents is 1. The number of morpholine rings is 1. The lowest BCUT2D eigenvalue weighted by Gasteiger charge is -2.29. The fourth-order valence-electron chi connectivity index (χ4n) is 3.16. The van der Waals surface area contributed by atoms with Gasteiger partial charge in [0.2, 0.25) is 0 Å². The minimum atomic E-state index is 0.133. The van der Waals surface area contributed by atoms with Crippen molar-refractivity contribution < 1.29 is 14.6 Å². The summed E-state index contributed by atoms with van der Waals surface area (Å²) < 4.78 is 10.6. The number of hydrogen-bond acceptors (Lipinski definition) is 7. The van der Waals surface area contributed by atoms with Crippen LogP contribution in [0.4, 0.5) is 11.6 Å². The lowest BCUT2D eigenvalue weighted by molar-refractivity contribution is 0.122. The number of fused-ring (bicyclic) bond motifs is 1. The SMILES string of the molecule is COc1cccc(CNc2nc3ccccc3nc2N2CCOCC2)c1O. The van der Waals surface area contributed by atoms with Crippen molar-refractivity contribution >= 4 is 22.7 Å². The van der Waals surface area contributed by atoms with Gasteiger partial charge < -0.3 is 24.8 Å². The summed E-state index contributed by atoms with van der Waals surface area (Å²) in [6.07, 6.45) is 0. The third-order valence-corrected chi connectivity index (χ3v) is 4.61. The second-order valence-electron chi connectivity index (χ2n) is 6.31. The fourth-order valence-corrected chi connectivity index (χ4v) is 3.16. The van der Waals surface area contributed by atoms with Gasteiger partial charge in [-0.25, -0.2) is 9.97 Å². The molecule has 0 aliphatic carbocycles. The number of para-hydroxylation sites is 3. The van der Waals surface area contributed by atoms with Gasteiger partial charge in [0.15, 0.2) is 23.1 Å². The van der Waals surface area contributed by atoms with Gasteiger partial charge in [0.1, 0.15) is 0 Å². The van der Waals surface area contributed by atoms with Crippen LogP contribution in [0.1, 0.15) is 5.56 Å². The van der Waals surface area contributed by atoms with E-state index in [1.165, 1.54) is 7.11 Å². The Morgan fingerprint density at radius 1 is 1.07 bits per heavy atom. The summed E-state index contributed by atoms with van der Waals surface area (Å²) in [6.45, 7) is 3.29. The molecule has 0 atom stereocenters. The maximum Gasteiger partial charge on any atom is 0.172 e. The number of hydrogen-bond donors (Lipinski definition) is 2. The Hall–Kier alpha value is -3.06. The van der Waals surface area contributed by atoms with Gasteiger partial charge in [0.25, 0.3) is 0 Å². The molecule has 2 heterocycles. The zero-order valence-corrected chi connectivity index (χ0v) is 15.2. The van der Waals surface area contributed by atoms with Crippen LogP contribution in [0.5, 0.6) is 11.5 Å². The highest BCUT2D eigenvalue weighted by atomic mass is 16.5. The summed E-state index contributed by atoms with van der Waals surface area (Å²) in [7, 11) is 1.54. The number of methoxy groups -OCH3 is 1. The summed E-state index contributed by atoms with van der Waals surface area (Å²) in [5.74, 6) is 2.08. The Morgan fingerprint density at radius 3 is 2.56 bits per heavy atom. The lowest BCUT2D eigenvalue weighted by Crippen LogP contribution is -2.37. The molecule has 1 aromatic heterocycles. The summed E-state index contributed by atoms with van der Waals surface area (Å²) in [5.41, 5.74) is 2.41. The van der Waals surface area contributed by atoms with Gasteiger partial charge in [0.05, 0.1) is 31.4 Å². The van der Waals surface area contributed by atoms with Crippen LogP contribution < -0.4 is 15.0 Å². The number of aromatic nitrogens is 2. The van der Waals surface area contributed by atoms with Crippen LogP contribution in [0.15, 0.2) is 42.5 Å². The van der Waals surface area contributed by atoms with Crippen molar-refractivity contribution in [2.45, 2.75) is 6.54 Å². The number of benzene rings is 2. The molecule has 1 aliphatic rings. The molecular formula is C20H22N4O3. The zero-order chi connectivity index (χ0) is 18.6. The first kappa shape index (κ1) is 17.4. The van der Waals surface area contributed by atoms with Crippen molar-refractivity contribution in [3.63, 3.8) is 0 Å².